The van der Waals surface area contributed by atoms with E-state index in [-0.39, 0.29) is 24.4 Å². The van der Waals surface area contributed by atoms with E-state index in [9.17, 15) is 22.7 Å². The zero-order valence-corrected chi connectivity index (χ0v) is 17.9. The van der Waals surface area contributed by atoms with Gasteiger partial charge in [0.2, 0.25) is 10.0 Å². The molecule has 0 bridgehead atoms. The first-order valence-electron chi connectivity index (χ1n) is 9.57. The second-order valence-electron chi connectivity index (χ2n) is 7.33. The molecule has 0 spiro atoms. The first kappa shape index (κ1) is 22.5. The summed E-state index contributed by atoms with van der Waals surface area (Å²) in [5.74, 6) is -0.812. The molecule has 0 aliphatic carbocycles. The largest absolute Gasteiger partial charge is 0.508 e. The third-order valence-electron chi connectivity index (χ3n) is 4.38. The lowest BCUT2D eigenvalue weighted by molar-refractivity contribution is 0.0717. The van der Waals surface area contributed by atoms with E-state index in [1.54, 1.807) is 38.1 Å². The number of nitrogens with one attached hydrogen (secondary N) is 1. The molecule has 0 fully saturated rings. The summed E-state index contributed by atoms with van der Waals surface area (Å²) in [5, 5.41) is 9.49. The molecule has 0 radical (unpaired) electrons. The molecule has 1 heterocycles. The van der Waals surface area contributed by atoms with Crippen LogP contribution in [-0.2, 0) is 23.1 Å². The number of benzene rings is 2. The molecule has 31 heavy (non-hydrogen) atoms. The lowest BCUT2D eigenvalue weighted by atomic mass is 10.1. The number of phenolic OH excluding ortho intramolecular Hbond substituents is 1. The van der Waals surface area contributed by atoms with E-state index < -0.39 is 32.7 Å². The van der Waals surface area contributed by atoms with Crippen LogP contribution in [0.15, 0.2) is 70.2 Å². The molecule has 3 aromatic rings. The van der Waals surface area contributed by atoms with E-state index in [0.717, 1.165) is 17.7 Å². The van der Waals surface area contributed by atoms with Gasteiger partial charge in [-0.15, -0.1) is 0 Å². The van der Waals surface area contributed by atoms with Crippen LogP contribution in [0, 0.1) is 5.82 Å². The Bertz CT molecular complexity index is 1140. The van der Waals surface area contributed by atoms with Gasteiger partial charge in [0, 0.05) is 18.2 Å². The normalized spacial score (nSPS) is 11.6. The van der Waals surface area contributed by atoms with Crippen LogP contribution >= 0.6 is 0 Å². The SMILES string of the molecule is CC(C)NS(=O)(=O)c1cc(C(=O)N(Cc2ccc(O)cc2)Cc2ccco2)ccc1F. The average Bonchev–Trinajstić information content (AvgIpc) is 3.21. The number of halogens is 1. The minimum absolute atomic E-state index is 0.0239. The highest BCUT2D eigenvalue weighted by atomic mass is 32.2. The Hall–Kier alpha value is -3.17. The van der Waals surface area contributed by atoms with Crippen LogP contribution in [0.2, 0.25) is 0 Å². The second kappa shape index (κ2) is 9.32. The number of phenols is 1. The zero-order valence-electron chi connectivity index (χ0n) is 17.1. The third kappa shape index (κ3) is 5.71. The van der Waals surface area contributed by atoms with Crippen molar-refractivity contribution < 1.29 is 27.1 Å². The molecule has 3 rings (SSSR count). The summed E-state index contributed by atoms with van der Waals surface area (Å²) in [7, 11) is -4.13. The number of carbonyl (C=O) groups is 1. The molecule has 0 saturated heterocycles. The maximum Gasteiger partial charge on any atom is 0.254 e. The topological polar surface area (TPSA) is 99.9 Å². The van der Waals surface area contributed by atoms with Crippen molar-refractivity contribution in [1.82, 2.24) is 9.62 Å². The standard InChI is InChI=1S/C22H23FN2O5S/c1-15(2)24-31(28,29)21-12-17(7-10-20(21)23)22(27)25(14-19-4-3-11-30-19)13-16-5-8-18(26)9-6-16/h3-12,15,24,26H,13-14H2,1-2H3. The summed E-state index contributed by atoms with van der Waals surface area (Å²) in [6.45, 7) is 3.53. The minimum atomic E-state index is -4.13. The van der Waals surface area contributed by atoms with Crippen LogP contribution in [0.1, 0.15) is 35.5 Å². The lowest BCUT2D eigenvalue weighted by Crippen LogP contribution is -2.32. The van der Waals surface area contributed by atoms with Gasteiger partial charge in [-0.3, -0.25) is 4.79 Å². The molecule has 0 aliphatic rings. The first-order valence-corrected chi connectivity index (χ1v) is 11.1. The van der Waals surface area contributed by atoms with E-state index in [2.05, 4.69) is 4.72 Å². The first-order chi connectivity index (χ1) is 14.7. The molecule has 0 saturated carbocycles. The highest BCUT2D eigenvalue weighted by molar-refractivity contribution is 7.89. The minimum Gasteiger partial charge on any atom is -0.508 e. The number of carbonyl (C=O) groups excluding carboxylic acids is 1. The summed E-state index contributed by atoms with van der Waals surface area (Å²) in [4.78, 5) is 14.1. The van der Waals surface area contributed by atoms with Crippen molar-refractivity contribution in [3.8, 4) is 5.75 Å². The van der Waals surface area contributed by atoms with Crippen LogP contribution in [0.4, 0.5) is 4.39 Å². The lowest BCUT2D eigenvalue weighted by Gasteiger charge is -2.22. The fraction of sp³-hybridized carbons (Fsp3) is 0.227. The molecule has 164 valence electrons. The van der Waals surface area contributed by atoms with Crippen molar-refractivity contribution in [2.45, 2.75) is 37.9 Å². The fourth-order valence-electron chi connectivity index (χ4n) is 3.01. The van der Waals surface area contributed by atoms with Crippen LogP contribution < -0.4 is 4.72 Å². The van der Waals surface area contributed by atoms with Gasteiger partial charge < -0.3 is 14.4 Å². The molecule has 9 heteroatoms. The summed E-state index contributed by atoms with van der Waals surface area (Å²) in [5.41, 5.74) is 0.769. The van der Waals surface area contributed by atoms with Crippen molar-refractivity contribution in [1.29, 1.82) is 0 Å². The van der Waals surface area contributed by atoms with Gasteiger partial charge in [0.15, 0.2) is 0 Å². The molecule has 2 aromatic carbocycles. The molecule has 2 N–H and O–H groups in total. The van der Waals surface area contributed by atoms with Gasteiger partial charge in [-0.2, -0.15) is 0 Å². The molecule has 0 aliphatic heterocycles. The highest BCUT2D eigenvalue weighted by Gasteiger charge is 2.24. The highest BCUT2D eigenvalue weighted by Crippen LogP contribution is 2.21. The second-order valence-corrected chi connectivity index (χ2v) is 9.01. The van der Waals surface area contributed by atoms with Gasteiger partial charge in [-0.05, 0) is 61.9 Å². The monoisotopic (exact) mass is 446 g/mol. The summed E-state index contributed by atoms with van der Waals surface area (Å²) < 4.78 is 46.9. The molecule has 0 atom stereocenters. The Kier molecular flexibility index (Phi) is 6.77. The maximum atomic E-state index is 14.3. The van der Waals surface area contributed by atoms with Gasteiger partial charge in [0.25, 0.3) is 5.91 Å². The van der Waals surface area contributed by atoms with Gasteiger partial charge in [-0.25, -0.2) is 17.5 Å². The quantitative estimate of drug-likeness (QED) is 0.550. The van der Waals surface area contributed by atoms with Crippen molar-refractivity contribution in [3.63, 3.8) is 0 Å². The number of hydrogen-bond donors (Lipinski definition) is 2. The number of nitrogens with zero attached hydrogens (tertiary/aromatic N) is 1. The Morgan fingerprint density at radius 1 is 1.13 bits per heavy atom. The number of amides is 1. The number of rotatable bonds is 8. The molecular formula is C22H23FN2O5S. The van der Waals surface area contributed by atoms with E-state index in [1.807, 2.05) is 0 Å². The van der Waals surface area contributed by atoms with Gasteiger partial charge >= 0.3 is 0 Å². The van der Waals surface area contributed by atoms with E-state index in [1.165, 1.54) is 29.4 Å². The van der Waals surface area contributed by atoms with Crippen LogP contribution in [0.25, 0.3) is 0 Å². The van der Waals surface area contributed by atoms with E-state index in [4.69, 9.17) is 4.42 Å². The zero-order chi connectivity index (χ0) is 22.6. The number of furan rings is 1. The number of aromatic hydroxyl groups is 1. The van der Waals surface area contributed by atoms with E-state index >= 15 is 0 Å². The maximum absolute atomic E-state index is 14.3. The Balaban J connectivity index is 1.94. The number of hydrogen-bond acceptors (Lipinski definition) is 5. The fourth-order valence-corrected chi connectivity index (χ4v) is 4.37. The summed E-state index contributed by atoms with van der Waals surface area (Å²) in [6.07, 6.45) is 1.48. The molecule has 0 unspecified atom stereocenters. The van der Waals surface area contributed by atoms with Crippen LogP contribution in [0.5, 0.6) is 5.75 Å². The molecular weight excluding hydrogens is 423 g/mol. The smallest absolute Gasteiger partial charge is 0.254 e. The van der Waals surface area contributed by atoms with E-state index in [0.29, 0.717) is 5.76 Å². The van der Waals surface area contributed by atoms with Crippen molar-refractivity contribution >= 4 is 15.9 Å². The predicted molar refractivity (Wildman–Crippen MR) is 112 cm³/mol. The number of sulfonamides is 1. The van der Waals surface area contributed by atoms with Crippen molar-refractivity contribution in [2.75, 3.05) is 0 Å². The Morgan fingerprint density at radius 3 is 2.45 bits per heavy atom. The summed E-state index contributed by atoms with van der Waals surface area (Å²) in [6, 6.07) is 12.6. The van der Waals surface area contributed by atoms with Gasteiger partial charge in [0.05, 0.1) is 12.8 Å². The van der Waals surface area contributed by atoms with Gasteiger partial charge in [0.1, 0.15) is 22.2 Å². The predicted octanol–water partition coefficient (Wildman–Crippen LogP) is 3.65. The van der Waals surface area contributed by atoms with Crippen LogP contribution in [0.3, 0.4) is 0 Å². The Labute approximate surface area is 180 Å². The third-order valence-corrected chi connectivity index (χ3v) is 6.06. The summed E-state index contributed by atoms with van der Waals surface area (Å²) >= 11 is 0. The molecule has 7 nitrogen and oxygen atoms in total. The molecule has 1 amide bonds. The van der Waals surface area contributed by atoms with Crippen molar-refractivity contribution in [2.24, 2.45) is 0 Å². The van der Waals surface area contributed by atoms with Gasteiger partial charge in [-0.1, -0.05) is 12.1 Å². The van der Waals surface area contributed by atoms with Crippen molar-refractivity contribution in [3.05, 3.63) is 83.6 Å². The average molecular weight is 447 g/mol. The Morgan fingerprint density at radius 2 is 1.84 bits per heavy atom. The van der Waals surface area contributed by atoms with Crippen LogP contribution in [-0.4, -0.2) is 30.4 Å². The molecule has 1 aromatic heterocycles.